The molecular formula is C14H24N2O. The lowest BCUT2D eigenvalue weighted by molar-refractivity contribution is 0.201. The Bertz CT molecular complexity index is 339. The molecule has 1 aromatic rings. The first kappa shape index (κ1) is 14.0. The molecule has 0 saturated carbocycles. The molecule has 0 saturated heterocycles. The predicted molar refractivity (Wildman–Crippen MR) is 71.1 cm³/mol. The van der Waals surface area contributed by atoms with E-state index in [2.05, 4.69) is 31.8 Å². The zero-order valence-corrected chi connectivity index (χ0v) is 11.2. The molecular weight excluding hydrogens is 212 g/mol. The van der Waals surface area contributed by atoms with E-state index in [0.717, 1.165) is 42.8 Å². The monoisotopic (exact) mass is 236 g/mol. The number of aromatic nitrogens is 1. The Hall–Kier alpha value is -1.09. The number of nitrogens with zero attached hydrogens (tertiary/aromatic N) is 1. The molecule has 1 aromatic heterocycles. The van der Waals surface area contributed by atoms with Crippen molar-refractivity contribution in [3.05, 3.63) is 23.4 Å². The summed E-state index contributed by atoms with van der Waals surface area (Å²) < 4.78 is 5.82. The summed E-state index contributed by atoms with van der Waals surface area (Å²) in [5.74, 6) is 0.720. The van der Waals surface area contributed by atoms with Crippen LogP contribution < -0.4 is 10.5 Å². The minimum Gasteiger partial charge on any atom is -0.475 e. The standard InChI is InChI=1S/C14H24N2O/c1-4-6-11(3)17-14-9-12(10-15)8-13(16-14)7-5-2/h8-9,11H,4-7,10,15H2,1-3H3. The highest BCUT2D eigenvalue weighted by atomic mass is 16.5. The number of nitrogens with two attached hydrogens (primary N) is 1. The van der Waals surface area contributed by atoms with Crippen molar-refractivity contribution >= 4 is 0 Å². The Morgan fingerprint density at radius 3 is 2.65 bits per heavy atom. The van der Waals surface area contributed by atoms with Gasteiger partial charge in [-0.15, -0.1) is 0 Å². The largest absolute Gasteiger partial charge is 0.475 e. The van der Waals surface area contributed by atoms with Crippen LogP contribution in [0.15, 0.2) is 12.1 Å². The minimum atomic E-state index is 0.218. The van der Waals surface area contributed by atoms with Crippen LogP contribution in [0, 0.1) is 0 Å². The van der Waals surface area contributed by atoms with E-state index in [4.69, 9.17) is 10.5 Å². The maximum absolute atomic E-state index is 5.82. The van der Waals surface area contributed by atoms with Gasteiger partial charge in [-0.3, -0.25) is 0 Å². The molecule has 0 fully saturated rings. The Kier molecular flexibility index (Phi) is 5.98. The molecule has 1 rings (SSSR count). The van der Waals surface area contributed by atoms with Gasteiger partial charge in [-0.25, -0.2) is 4.98 Å². The molecule has 1 heterocycles. The fraction of sp³-hybridized carbons (Fsp3) is 0.643. The van der Waals surface area contributed by atoms with Gasteiger partial charge in [-0.1, -0.05) is 26.7 Å². The molecule has 17 heavy (non-hydrogen) atoms. The second kappa shape index (κ2) is 7.28. The number of hydrogen-bond acceptors (Lipinski definition) is 3. The maximum atomic E-state index is 5.82. The predicted octanol–water partition coefficient (Wildman–Crippen LogP) is 3.06. The quantitative estimate of drug-likeness (QED) is 0.791. The van der Waals surface area contributed by atoms with Gasteiger partial charge in [0.25, 0.3) is 0 Å². The highest BCUT2D eigenvalue weighted by Gasteiger charge is 2.07. The first-order valence-corrected chi connectivity index (χ1v) is 6.56. The zero-order valence-electron chi connectivity index (χ0n) is 11.2. The second-order valence-corrected chi connectivity index (χ2v) is 4.48. The SMILES string of the molecule is CCCc1cc(CN)cc(OC(C)CCC)n1. The Morgan fingerprint density at radius 1 is 1.29 bits per heavy atom. The Labute approximate surface area is 104 Å². The summed E-state index contributed by atoms with van der Waals surface area (Å²) in [5, 5.41) is 0. The zero-order chi connectivity index (χ0) is 12.7. The van der Waals surface area contributed by atoms with Gasteiger partial charge in [0, 0.05) is 18.3 Å². The average molecular weight is 236 g/mol. The molecule has 0 spiro atoms. The highest BCUT2D eigenvalue weighted by molar-refractivity contribution is 5.25. The third-order valence-electron chi connectivity index (χ3n) is 2.67. The van der Waals surface area contributed by atoms with Gasteiger partial charge in [0.1, 0.15) is 0 Å². The molecule has 1 unspecified atom stereocenters. The average Bonchev–Trinajstić information content (AvgIpc) is 2.29. The van der Waals surface area contributed by atoms with Crippen molar-refractivity contribution in [1.82, 2.24) is 4.98 Å². The first-order valence-electron chi connectivity index (χ1n) is 6.56. The van der Waals surface area contributed by atoms with Gasteiger partial charge >= 0.3 is 0 Å². The van der Waals surface area contributed by atoms with Gasteiger partial charge in [0.2, 0.25) is 5.88 Å². The van der Waals surface area contributed by atoms with E-state index in [-0.39, 0.29) is 6.10 Å². The molecule has 0 bridgehead atoms. The van der Waals surface area contributed by atoms with Crippen LogP contribution in [0.2, 0.25) is 0 Å². The summed E-state index contributed by atoms with van der Waals surface area (Å²) in [7, 11) is 0. The van der Waals surface area contributed by atoms with Gasteiger partial charge in [0.15, 0.2) is 0 Å². The van der Waals surface area contributed by atoms with Crippen molar-refractivity contribution in [3.63, 3.8) is 0 Å². The third-order valence-corrected chi connectivity index (χ3v) is 2.67. The molecule has 0 aliphatic carbocycles. The van der Waals surface area contributed by atoms with Crippen molar-refractivity contribution in [3.8, 4) is 5.88 Å². The lowest BCUT2D eigenvalue weighted by Crippen LogP contribution is -2.13. The summed E-state index contributed by atoms with van der Waals surface area (Å²) >= 11 is 0. The second-order valence-electron chi connectivity index (χ2n) is 4.48. The van der Waals surface area contributed by atoms with Crippen LogP contribution in [0.1, 0.15) is 51.3 Å². The summed E-state index contributed by atoms with van der Waals surface area (Å²) in [6.45, 7) is 6.93. The topological polar surface area (TPSA) is 48.1 Å². The van der Waals surface area contributed by atoms with E-state index in [1.165, 1.54) is 0 Å². The molecule has 3 heteroatoms. The van der Waals surface area contributed by atoms with Crippen LogP contribution in [-0.2, 0) is 13.0 Å². The van der Waals surface area contributed by atoms with Crippen LogP contribution in [0.5, 0.6) is 5.88 Å². The first-order chi connectivity index (χ1) is 8.19. The number of pyridine rings is 1. The molecule has 1 atom stereocenters. The van der Waals surface area contributed by atoms with Gasteiger partial charge in [0.05, 0.1) is 6.10 Å². The summed E-state index contributed by atoms with van der Waals surface area (Å²) in [6, 6.07) is 4.02. The lowest BCUT2D eigenvalue weighted by Gasteiger charge is -2.14. The minimum absolute atomic E-state index is 0.218. The molecule has 0 aromatic carbocycles. The van der Waals surface area contributed by atoms with E-state index in [0.29, 0.717) is 6.54 Å². The Balaban J connectivity index is 2.79. The molecule has 0 radical (unpaired) electrons. The lowest BCUT2D eigenvalue weighted by atomic mass is 10.1. The van der Waals surface area contributed by atoms with Crippen LogP contribution in [0.25, 0.3) is 0 Å². The van der Waals surface area contributed by atoms with Crippen LogP contribution >= 0.6 is 0 Å². The summed E-state index contributed by atoms with van der Waals surface area (Å²) in [6.07, 6.45) is 4.46. The van der Waals surface area contributed by atoms with Crippen molar-refractivity contribution in [1.29, 1.82) is 0 Å². The molecule has 3 nitrogen and oxygen atoms in total. The maximum Gasteiger partial charge on any atom is 0.214 e. The molecule has 0 aliphatic rings. The normalized spacial score (nSPS) is 12.5. The van der Waals surface area contributed by atoms with Crippen LogP contribution in [-0.4, -0.2) is 11.1 Å². The number of aryl methyl sites for hydroxylation is 1. The van der Waals surface area contributed by atoms with Crippen molar-refractivity contribution in [2.45, 2.75) is 59.1 Å². The van der Waals surface area contributed by atoms with E-state index in [1.807, 2.05) is 6.07 Å². The van der Waals surface area contributed by atoms with E-state index >= 15 is 0 Å². The highest BCUT2D eigenvalue weighted by Crippen LogP contribution is 2.16. The van der Waals surface area contributed by atoms with Gasteiger partial charge in [-0.2, -0.15) is 0 Å². The van der Waals surface area contributed by atoms with Crippen LogP contribution in [0.3, 0.4) is 0 Å². The smallest absolute Gasteiger partial charge is 0.214 e. The molecule has 2 N–H and O–H groups in total. The van der Waals surface area contributed by atoms with Crippen molar-refractivity contribution < 1.29 is 4.74 Å². The fourth-order valence-corrected chi connectivity index (χ4v) is 1.85. The number of rotatable bonds is 7. The van der Waals surface area contributed by atoms with Crippen LogP contribution in [0.4, 0.5) is 0 Å². The van der Waals surface area contributed by atoms with Crippen molar-refractivity contribution in [2.75, 3.05) is 0 Å². The molecule has 0 aliphatic heterocycles. The number of ether oxygens (including phenoxy) is 1. The summed E-state index contributed by atoms with van der Waals surface area (Å²) in [5.41, 5.74) is 7.87. The van der Waals surface area contributed by atoms with E-state index in [1.54, 1.807) is 0 Å². The Morgan fingerprint density at radius 2 is 2.06 bits per heavy atom. The molecule has 0 amide bonds. The molecule has 96 valence electrons. The van der Waals surface area contributed by atoms with Crippen molar-refractivity contribution in [2.24, 2.45) is 5.73 Å². The van der Waals surface area contributed by atoms with E-state index in [9.17, 15) is 0 Å². The van der Waals surface area contributed by atoms with Gasteiger partial charge < -0.3 is 10.5 Å². The number of hydrogen-bond donors (Lipinski definition) is 1. The fourth-order valence-electron chi connectivity index (χ4n) is 1.85. The summed E-state index contributed by atoms with van der Waals surface area (Å²) in [4.78, 5) is 4.52. The third kappa shape index (κ3) is 4.73. The van der Waals surface area contributed by atoms with E-state index < -0.39 is 0 Å². The van der Waals surface area contributed by atoms with Gasteiger partial charge in [-0.05, 0) is 31.4 Å².